The Labute approximate surface area is 114 Å². The molecule has 2 heterocycles. The van der Waals surface area contributed by atoms with Gasteiger partial charge in [-0.05, 0) is 55.8 Å². The Morgan fingerprint density at radius 1 is 1.11 bits per heavy atom. The maximum atomic E-state index is 11.9. The molecule has 0 spiro atoms. The Kier molecular flexibility index (Phi) is 4.86. The first-order valence-electron chi connectivity index (χ1n) is 7.88. The number of fused-ring (bicyclic) bond motifs is 1. The van der Waals surface area contributed by atoms with Crippen molar-refractivity contribution in [3.05, 3.63) is 0 Å². The Morgan fingerprint density at radius 2 is 1.78 bits per heavy atom. The van der Waals surface area contributed by atoms with Crippen LogP contribution in [0.15, 0.2) is 0 Å². The van der Waals surface area contributed by atoms with E-state index in [1.807, 2.05) is 6.92 Å². The number of hydrogen-bond acceptors (Lipinski definition) is 1. The van der Waals surface area contributed by atoms with Gasteiger partial charge in [0.25, 0.3) is 0 Å². The lowest BCUT2D eigenvalue weighted by molar-refractivity contribution is -0.116. The van der Waals surface area contributed by atoms with Crippen LogP contribution in [0.1, 0.15) is 66.2 Å². The van der Waals surface area contributed by atoms with Crippen molar-refractivity contribution in [2.24, 2.45) is 11.8 Å². The minimum absolute atomic E-state index is 0.0374. The summed E-state index contributed by atoms with van der Waals surface area (Å²) >= 11 is 0. The minimum Gasteiger partial charge on any atom is -0.299 e. The fourth-order valence-electron chi connectivity index (χ4n) is 4.64. The summed E-state index contributed by atoms with van der Waals surface area (Å²) in [5.41, 5.74) is 2.18. The Hall–Kier alpha value is 0.100. The van der Waals surface area contributed by atoms with E-state index in [0.717, 1.165) is 23.2 Å². The van der Waals surface area contributed by atoms with Crippen molar-refractivity contribution in [1.29, 1.82) is 0 Å². The number of hydrogen-bond donors (Lipinski definition) is 0. The molecule has 5 unspecified atom stereocenters. The summed E-state index contributed by atoms with van der Waals surface area (Å²) in [6.45, 7) is 9.03. The molecule has 2 saturated heterocycles. The van der Waals surface area contributed by atoms with E-state index in [-0.39, 0.29) is 7.92 Å². The zero-order chi connectivity index (χ0) is 13.3. The molecule has 0 N–H and O–H groups in total. The van der Waals surface area contributed by atoms with Crippen LogP contribution < -0.4 is 0 Å². The van der Waals surface area contributed by atoms with E-state index in [1.165, 1.54) is 38.5 Å². The molecule has 0 aromatic heterocycles. The van der Waals surface area contributed by atoms with Gasteiger partial charge in [-0.3, -0.25) is 4.79 Å². The van der Waals surface area contributed by atoms with Gasteiger partial charge in [-0.15, -0.1) is 0 Å². The molecule has 0 bridgehead atoms. The number of ketones is 1. The molecule has 0 saturated carbocycles. The van der Waals surface area contributed by atoms with Gasteiger partial charge in [0.05, 0.1) is 0 Å². The molecule has 18 heavy (non-hydrogen) atoms. The Morgan fingerprint density at radius 3 is 2.33 bits per heavy atom. The first kappa shape index (κ1) is 14.5. The quantitative estimate of drug-likeness (QED) is 0.670. The molecule has 0 aliphatic carbocycles. The molecule has 0 aromatic rings. The molecule has 6 atom stereocenters. The van der Waals surface area contributed by atoms with Crippen LogP contribution in [0.25, 0.3) is 0 Å². The van der Waals surface area contributed by atoms with E-state index in [9.17, 15) is 4.79 Å². The third-order valence-corrected chi connectivity index (χ3v) is 9.61. The van der Waals surface area contributed by atoms with Gasteiger partial charge in [-0.2, -0.15) is 0 Å². The summed E-state index contributed by atoms with van der Waals surface area (Å²) in [6.07, 6.45) is 8.03. The summed E-state index contributed by atoms with van der Waals surface area (Å²) in [7, 11) is -0.0374. The summed E-state index contributed by atoms with van der Waals surface area (Å²) in [4.78, 5) is 11.9. The molecule has 2 fully saturated rings. The monoisotopic (exact) mass is 268 g/mol. The van der Waals surface area contributed by atoms with Crippen LogP contribution >= 0.6 is 7.92 Å². The second-order valence-electron chi connectivity index (χ2n) is 6.36. The number of carbonyl (C=O) groups excluding carboxylic acids is 1. The van der Waals surface area contributed by atoms with Gasteiger partial charge in [-0.1, -0.05) is 41.5 Å². The molecule has 2 aliphatic heterocycles. The fourth-order valence-corrected chi connectivity index (χ4v) is 9.04. The van der Waals surface area contributed by atoms with E-state index in [4.69, 9.17) is 0 Å². The summed E-state index contributed by atoms with van der Waals surface area (Å²) in [6, 6.07) is 0. The summed E-state index contributed by atoms with van der Waals surface area (Å²) in [5, 5.41) is 0. The molecule has 2 rings (SSSR count). The maximum Gasteiger partial charge on any atom is 0.137 e. The Balaban J connectivity index is 2.23. The second-order valence-corrected chi connectivity index (χ2v) is 9.43. The molecule has 0 radical (unpaired) electrons. The van der Waals surface area contributed by atoms with Crippen molar-refractivity contribution >= 4 is 13.7 Å². The molecule has 1 nitrogen and oxygen atoms in total. The van der Waals surface area contributed by atoms with E-state index in [1.54, 1.807) is 0 Å². The van der Waals surface area contributed by atoms with Gasteiger partial charge >= 0.3 is 0 Å². The van der Waals surface area contributed by atoms with Gasteiger partial charge in [-0.25, -0.2) is 0 Å². The van der Waals surface area contributed by atoms with E-state index in [2.05, 4.69) is 20.8 Å². The number of rotatable bonds is 3. The highest BCUT2D eigenvalue weighted by atomic mass is 31.1. The Bertz CT molecular complexity index is 301. The number of Topliss-reactive ketones (excluding diaryl/α,β-unsaturated/α-hetero) is 1. The van der Waals surface area contributed by atoms with Gasteiger partial charge in [0.2, 0.25) is 0 Å². The predicted molar refractivity (Wildman–Crippen MR) is 80.7 cm³/mol. The first-order chi connectivity index (χ1) is 8.60. The minimum atomic E-state index is -0.0374. The van der Waals surface area contributed by atoms with Crippen LogP contribution in [-0.2, 0) is 4.79 Å². The van der Waals surface area contributed by atoms with Crippen molar-refractivity contribution in [2.45, 2.75) is 83.2 Å². The highest BCUT2D eigenvalue weighted by Crippen LogP contribution is 2.65. The zero-order valence-corrected chi connectivity index (χ0v) is 13.4. The third-order valence-electron chi connectivity index (χ3n) is 5.59. The summed E-state index contributed by atoms with van der Waals surface area (Å²) < 4.78 is 0. The fraction of sp³-hybridized carbons (Fsp3) is 0.938. The van der Waals surface area contributed by atoms with Crippen LogP contribution in [0.5, 0.6) is 0 Å². The van der Waals surface area contributed by atoms with Gasteiger partial charge in [0, 0.05) is 5.66 Å². The molecular weight excluding hydrogens is 239 g/mol. The van der Waals surface area contributed by atoms with Gasteiger partial charge in [0.1, 0.15) is 5.78 Å². The van der Waals surface area contributed by atoms with Crippen molar-refractivity contribution in [3.63, 3.8) is 0 Å². The van der Waals surface area contributed by atoms with Crippen LogP contribution in [-0.4, -0.2) is 22.8 Å². The predicted octanol–water partition coefficient (Wildman–Crippen LogP) is 4.82. The largest absolute Gasteiger partial charge is 0.299 e. The lowest BCUT2D eigenvalue weighted by Gasteiger charge is -2.35. The molecule has 0 amide bonds. The van der Waals surface area contributed by atoms with E-state index in [0.29, 0.717) is 11.4 Å². The molecule has 0 aromatic carbocycles. The van der Waals surface area contributed by atoms with Crippen LogP contribution in [0.2, 0.25) is 0 Å². The number of carbonyl (C=O) groups is 1. The van der Waals surface area contributed by atoms with Crippen LogP contribution in [0.3, 0.4) is 0 Å². The maximum absolute atomic E-state index is 11.9. The second kappa shape index (κ2) is 6.04. The SMILES string of the molecule is CCC1CCC2CCC(C(C)=O)P2[C@@H](C)C1CC. The molecule has 2 aliphatic rings. The zero-order valence-electron chi connectivity index (χ0n) is 12.5. The van der Waals surface area contributed by atoms with Gasteiger partial charge in [0.15, 0.2) is 0 Å². The molecule has 2 heteroatoms. The van der Waals surface area contributed by atoms with Crippen molar-refractivity contribution < 1.29 is 4.79 Å². The average Bonchev–Trinajstić information content (AvgIpc) is 2.72. The lowest BCUT2D eigenvalue weighted by atomic mass is 9.82. The van der Waals surface area contributed by atoms with E-state index >= 15 is 0 Å². The normalized spacial score (nSPS) is 44.4. The van der Waals surface area contributed by atoms with Crippen molar-refractivity contribution in [2.75, 3.05) is 0 Å². The standard InChI is InChI=1S/C16H29OP/c1-5-13-7-8-14-9-10-16(11(3)17)18(14)12(4)15(13)6-2/h12-16H,5-10H2,1-4H3/t12-,13?,14?,15?,16?,18?/m0/s1. The lowest BCUT2D eigenvalue weighted by Crippen LogP contribution is -2.26. The average molecular weight is 268 g/mol. The highest BCUT2D eigenvalue weighted by molar-refractivity contribution is 7.61. The van der Waals surface area contributed by atoms with E-state index < -0.39 is 0 Å². The first-order valence-corrected chi connectivity index (χ1v) is 9.42. The molecular formula is C16H29OP. The highest BCUT2D eigenvalue weighted by Gasteiger charge is 2.45. The van der Waals surface area contributed by atoms with Gasteiger partial charge < -0.3 is 0 Å². The van der Waals surface area contributed by atoms with Crippen LogP contribution in [0.4, 0.5) is 0 Å². The third kappa shape index (κ3) is 2.53. The topological polar surface area (TPSA) is 17.1 Å². The summed E-state index contributed by atoms with van der Waals surface area (Å²) in [5.74, 6) is 2.29. The smallest absolute Gasteiger partial charge is 0.137 e. The molecule has 104 valence electrons. The van der Waals surface area contributed by atoms with Crippen molar-refractivity contribution in [1.82, 2.24) is 0 Å². The van der Waals surface area contributed by atoms with Crippen molar-refractivity contribution in [3.8, 4) is 0 Å². The van der Waals surface area contributed by atoms with Crippen LogP contribution in [0, 0.1) is 11.8 Å².